The summed E-state index contributed by atoms with van der Waals surface area (Å²) < 4.78 is 0. The summed E-state index contributed by atoms with van der Waals surface area (Å²) in [5, 5.41) is 10.9. The minimum atomic E-state index is -0.443. The van der Waals surface area contributed by atoms with Gasteiger partial charge in [0.15, 0.2) is 0 Å². The second-order valence-corrected chi connectivity index (χ2v) is 6.14. The second-order valence-electron chi connectivity index (χ2n) is 6.14. The van der Waals surface area contributed by atoms with Crippen LogP contribution in [0.5, 0.6) is 0 Å². The van der Waals surface area contributed by atoms with Crippen molar-refractivity contribution in [1.82, 2.24) is 0 Å². The summed E-state index contributed by atoms with van der Waals surface area (Å²) in [7, 11) is 0. The van der Waals surface area contributed by atoms with E-state index in [0.29, 0.717) is 5.69 Å². The van der Waals surface area contributed by atoms with Crippen LogP contribution in [0.4, 0.5) is 17.1 Å². The van der Waals surface area contributed by atoms with E-state index in [0.717, 1.165) is 22.1 Å². The predicted octanol–water partition coefficient (Wildman–Crippen LogP) is 4.24. The Bertz CT molecular complexity index is 947. The maximum absolute atomic E-state index is 12.6. The van der Waals surface area contributed by atoms with Crippen LogP contribution in [-0.4, -0.2) is 17.9 Å². The number of amides is 2. The molecule has 132 valence electrons. The zero-order valence-electron chi connectivity index (χ0n) is 14.7. The number of rotatable bonds is 5. The molecule has 5 nitrogen and oxygen atoms in total. The van der Waals surface area contributed by atoms with E-state index >= 15 is 0 Å². The molecule has 5 heteroatoms. The van der Waals surface area contributed by atoms with E-state index in [1.807, 2.05) is 54.6 Å². The molecule has 0 saturated heterocycles. The zero-order chi connectivity index (χ0) is 18.5. The van der Waals surface area contributed by atoms with E-state index in [4.69, 9.17) is 0 Å². The van der Waals surface area contributed by atoms with E-state index in [-0.39, 0.29) is 11.8 Å². The van der Waals surface area contributed by atoms with Gasteiger partial charge < -0.3 is 16.0 Å². The SMILES string of the molecule is CC(=O)Nc1cccc(NC(C)C(=O)Nc2cccc3ccccc23)c1. The van der Waals surface area contributed by atoms with Crippen LogP contribution in [0.2, 0.25) is 0 Å². The van der Waals surface area contributed by atoms with Crippen LogP contribution in [0.3, 0.4) is 0 Å². The molecule has 26 heavy (non-hydrogen) atoms. The van der Waals surface area contributed by atoms with Crippen molar-refractivity contribution < 1.29 is 9.59 Å². The molecule has 1 atom stereocenters. The molecule has 0 aliphatic rings. The highest BCUT2D eigenvalue weighted by Crippen LogP contribution is 2.23. The molecule has 0 aliphatic heterocycles. The van der Waals surface area contributed by atoms with Gasteiger partial charge in [0.25, 0.3) is 0 Å². The number of anilines is 3. The highest BCUT2D eigenvalue weighted by atomic mass is 16.2. The van der Waals surface area contributed by atoms with E-state index in [2.05, 4.69) is 16.0 Å². The molecule has 0 heterocycles. The molecular formula is C21H21N3O2. The Hall–Kier alpha value is -3.34. The van der Waals surface area contributed by atoms with Gasteiger partial charge in [0.2, 0.25) is 11.8 Å². The number of nitrogens with one attached hydrogen (secondary N) is 3. The van der Waals surface area contributed by atoms with Gasteiger partial charge in [-0.05, 0) is 36.6 Å². The minimum absolute atomic E-state index is 0.133. The van der Waals surface area contributed by atoms with Gasteiger partial charge in [-0.3, -0.25) is 9.59 Å². The fraction of sp³-hybridized carbons (Fsp3) is 0.143. The Balaban J connectivity index is 1.71. The van der Waals surface area contributed by atoms with Crippen LogP contribution in [0.25, 0.3) is 10.8 Å². The number of hydrogen-bond acceptors (Lipinski definition) is 3. The average molecular weight is 347 g/mol. The third-order valence-corrected chi connectivity index (χ3v) is 4.01. The van der Waals surface area contributed by atoms with Crippen molar-refractivity contribution in [3.8, 4) is 0 Å². The van der Waals surface area contributed by atoms with Crippen LogP contribution >= 0.6 is 0 Å². The third kappa shape index (κ3) is 4.19. The average Bonchev–Trinajstić information content (AvgIpc) is 2.61. The Morgan fingerprint density at radius 3 is 2.35 bits per heavy atom. The molecule has 0 aromatic heterocycles. The van der Waals surface area contributed by atoms with Gasteiger partial charge in [-0.2, -0.15) is 0 Å². The molecule has 3 N–H and O–H groups in total. The predicted molar refractivity (Wildman–Crippen MR) is 106 cm³/mol. The second kappa shape index (κ2) is 7.70. The molecule has 3 aromatic carbocycles. The Morgan fingerprint density at radius 1 is 0.846 bits per heavy atom. The van der Waals surface area contributed by atoms with Gasteiger partial charge in [-0.1, -0.05) is 42.5 Å². The quantitative estimate of drug-likeness (QED) is 0.646. The van der Waals surface area contributed by atoms with Crippen molar-refractivity contribution >= 4 is 39.6 Å². The van der Waals surface area contributed by atoms with Crippen LogP contribution in [-0.2, 0) is 9.59 Å². The summed E-state index contributed by atoms with van der Waals surface area (Å²) in [4.78, 5) is 23.7. The molecular weight excluding hydrogens is 326 g/mol. The number of benzene rings is 3. The normalized spacial score (nSPS) is 11.6. The highest BCUT2D eigenvalue weighted by Gasteiger charge is 2.14. The summed E-state index contributed by atoms with van der Waals surface area (Å²) in [6, 6.07) is 20.6. The number of carbonyl (C=O) groups excluding carboxylic acids is 2. The van der Waals surface area contributed by atoms with E-state index < -0.39 is 6.04 Å². The van der Waals surface area contributed by atoms with Gasteiger partial charge in [0.05, 0.1) is 0 Å². The Labute approximate surface area is 152 Å². The molecule has 0 spiro atoms. The van der Waals surface area contributed by atoms with Crippen molar-refractivity contribution in [3.63, 3.8) is 0 Å². The first-order valence-corrected chi connectivity index (χ1v) is 8.46. The fourth-order valence-corrected chi connectivity index (χ4v) is 2.78. The van der Waals surface area contributed by atoms with Crippen LogP contribution in [0.15, 0.2) is 66.7 Å². The maximum Gasteiger partial charge on any atom is 0.246 e. The van der Waals surface area contributed by atoms with Gasteiger partial charge in [0.1, 0.15) is 6.04 Å². The topological polar surface area (TPSA) is 70.2 Å². The van der Waals surface area contributed by atoms with Gasteiger partial charge in [-0.25, -0.2) is 0 Å². The summed E-state index contributed by atoms with van der Waals surface area (Å²) in [6.45, 7) is 3.26. The van der Waals surface area contributed by atoms with Gasteiger partial charge in [0, 0.05) is 29.4 Å². The third-order valence-electron chi connectivity index (χ3n) is 4.01. The molecule has 3 aromatic rings. The molecule has 2 amide bonds. The van der Waals surface area contributed by atoms with Crippen molar-refractivity contribution in [1.29, 1.82) is 0 Å². The summed E-state index contributed by atoms with van der Waals surface area (Å²) in [5.41, 5.74) is 2.23. The van der Waals surface area contributed by atoms with Crippen LogP contribution in [0.1, 0.15) is 13.8 Å². The molecule has 3 rings (SSSR count). The summed E-state index contributed by atoms with van der Waals surface area (Å²) in [6.07, 6.45) is 0. The molecule has 0 radical (unpaired) electrons. The van der Waals surface area contributed by atoms with Crippen molar-refractivity contribution in [2.75, 3.05) is 16.0 Å². The van der Waals surface area contributed by atoms with E-state index in [9.17, 15) is 9.59 Å². The summed E-state index contributed by atoms with van der Waals surface area (Å²) >= 11 is 0. The smallest absolute Gasteiger partial charge is 0.246 e. The number of carbonyl (C=O) groups is 2. The maximum atomic E-state index is 12.6. The Kier molecular flexibility index (Phi) is 5.17. The number of fused-ring (bicyclic) bond motifs is 1. The van der Waals surface area contributed by atoms with Gasteiger partial charge in [-0.15, -0.1) is 0 Å². The van der Waals surface area contributed by atoms with Gasteiger partial charge >= 0.3 is 0 Å². The summed E-state index contributed by atoms with van der Waals surface area (Å²) in [5.74, 6) is -0.268. The monoisotopic (exact) mass is 347 g/mol. The van der Waals surface area contributed by atoms with E-state index in [1.165, 1.54) is 6.92 Å². The fourth-order valence-electron chi connectivity index (χ4n) is 2.78. The van der Waals surface area contributed by atoms with Crippen LogP contribution in [0, 0.1) is 0 Å². The first-order chi connectivity index (χ1) is 12.5. The van der Waals surface area contributed by atoms with Crippen molar-refractivity contribution in [2.45, 2.75) is 19.9 Å². The van der Waals surface area contributed by atoms with Crippen molar-refractivity contribution in [2.24, 2.45) is 0 Å². The van der Waals surface area contributed by atoms with E-state index in [1.54, 1.807) is 19.1 Å². The molecule has 0 bridgehead atoms. The standard InChI is InChI=1S/C21H21N3O2/c1-14(22-17-9-6-10-18(13-17)23-15(2)25)21(26)24-20-12-5-8-16-7-3-4-11-19(16)20/h3-14,22H,1-2H3,(H,23,25)(H,24,26). The first kappa shape index (κ1) is 17.5. The Morgan fingerprint density at radius 2 is 1.54 bits per heavy atom. The lowest BCUT2D eigenvalue weighted by atomic mass is 10.1. The zero-order valence-corrected chi connectivity index (χ0v) is 14.7. The van der Waals surface area contributed by atoms with Crippen molar-refractivity contribution in [3.05, 3.63) is 66.7 Å². The lowest BCUT2D eigenvalue weighted by Gasteiger charge is -2.17. The largest absolute Gasteiger partial charge is 0.374 e. The lowest BCUT2D eigenvalue weighted by Crippen LogP contribution is -2.31. The first-order valence-electron chi connectivity index (χ1n) is 8.46. The van der Waals surface area contributed by atoms with Crippen LogP contribution < -0.4 is 16.0 Å². The molecule has 0 fully saturated rings. The molecule has 0 aliphatic carbocycles. The molecule has 1 unspecified atom stereocenters. The lowest BCUT2D eigenvalue weighted by molar-refractivity contribution is -0.116. The highest BCUT2D eigenvalue weighted by molar-refractivity contribution is 6.04. The number of hydrogen-bond donors (Lipinski definition) is 3. The minimum Gasteiger partial charge on any atom is -0.374 e. The molecule has 0 saturated carbocycles.